The third kappa shape index (κ3) is 34.9. The first-order valence-corrected chi connectivity index (χ1v) is 20.9. The van der Waals surface area contributed by atoms with Crippen LogP contribution in [0.2, 0.25) is 0 Å². The number of esters is 2. The second-order valence-electron chi connectivity index (χ2n) is 13.0. The van der Waals surface area contributed by atoms with Crippen molar-refractivity contribution in [1.29, 1.82) is 0 Å². The molecule has 5 atom stereocenters. The van der Waals surface area contributed by atoms with Gasteiger partial charge in [-0.25, -0.2) is 4.57 Å². The summed E-state index contributed by atoms with van der Waals surface area (Å²) in [6.07, 6.45) is 33.6. The van der Waals surface area contributed by atoms with Crippen molar-refractivity contribution in [1.82, 2.24) is 0 Å². The van der Waals surface area contributed by atoms with Crippen LogP contribution in [0.3, 0.4) is 0 Å². The number of hydrogen-bond acceptors (Lipinski definition) is 10. The maximum atomic E-state index is 12.5. The van der Waals surface area contributed by atoms with Crippen molar-refractivity contribution in [3.05, 3.63) is 72.9 Å². The van der Waals surface area contributed by atoms with Crippen molar-refractivity contribution < 1.29 is 52.9 Å². The van der Waals surface area contributed by atoms with Crippen LogP contribution in [0.1, 0.15) is 124 Å². The highest BCUT2D eigenvalue weighted by atomic mass is 31.2. The van der Waals surface area contributed by atoms with Gasteiger partial charge >= 0.3 is 19.8 Å². The minimum absolute atomic E-state index is 0.0324. The molecule has 12 heteroatoms. The molecular formula is C41H69O11P. The monoisotopic (exact) mass is 768 g/mol. The molecular weight excluding hydrogens is 699 g/mol. The fourth-order valence-corrected chi connectivity index (χ4v) is 5.40. The average molecular weight is 769 g/mol. The van der Waals surface area contributed by atoms with E-state index in [1.165, 1.54) is 25.7 Å². The molecule has 0 heterocycles. The number of ether oxygens (including phenoxy) is 2. The van der Waals surface area contributed by atoms with E-state index in [9.17, 15) is 29.3 Å². The Morgan fingerprint density at radius 2 is 1.34 bits per heavy atom. The fourth-order valence-electron chi connectivity index (χ4n) is 4.61. The molecule has 0 aromatic rings. The van der Waals surface area contributed by atoms with E-state index in [0.29, 0.717) is 25.7 Å². The predicted octanol–water partition coefficient (Wildman–Crippen LogP) is 8.54. The summed E-state index contributed by atoms with van der Waals surface area (Å²) in [5.74, 6) is -0.305. The first-order chi connectivity index (χ1) is 25.5. The molecule has 3 unspecified atom stereocenters. The average Bonchev–Trinajstić information content (AvgIpc) is 3.14. The molecule has 4 N–H and O–H groups in total. The second kappa shape index (κ2) is 35.1. The maximum absolute atomic E-state index is 12.5. The molecule has 0 aromatic carbocycles. The second-order valence-corrected chi connectivity index (χ2v) is 14.5. The van der Waals surface area contributed by atoms with Gasteiger partial charge in [-0.05, 0) is 50.9 Å². The lowest BCUT2D eigenvalue weighted by Gasteiger charge is -2.20. The Morgan fingerprint density at radius 3 is 2.04 bits per heavy atom. The molecule has 0 aliphatic carbocycles. The third-order valence-corrected chi connectivity index (χ3v) is 8.96. The Bertz CT molecular complexity index is 1140. The van der Waals surface area contributed by atoms with Crippen LogP contribution in [-0.4, -0.2) is 76.9 Å². The molecule has 0 saturated carbocycles. The molecule has 0 spiro atoms. The van der Waals surface area contributed by atoms with Gasteiger partial charge in [0.05, 0.1) is 25.9 Å². The Balaban J connectivity index is 4.58. The topological polar surface area (TPSA) is 169 Å². The number of hydrogen-bond donors (Lipinski definition) is 4. The highest BCUT2D eigenvalue weighted by molar-refractivity contribution is 7.47. The van der Waals surface area contributed by atoms with Gasteiger partial charge in [-0.3, -0.25) is 18.6 Å². The highest BCUT2D eigenvalue weighted by Gasteiger charge is 2.27. The molecule has 53 heavy (non-hydrogen) atoms. The van der Waals surface area contributed by atoms with Crippen LogP contribution in [0, 0.1) is 5.92 Å². The maximum Gasteiger partial charge on any atom is 0.472 e. The summed E-state index contributed by atoms with van der Waals surface area (Å²) in [5, 5.41) is 28.2. The van der Waals surface area contributed by atoms with Crippen LogP contribution >= 0.6 is 7.82 Å². The van der Waals surface area contributed by atoms with Crippen molar-refractivity contribution in [3.8, 4) is 0 Å². The van der Waals surface area contributed by atoms with E-state index in [0.717, 1.165) is 44.4 Å². The fraction of sp³-hybridized carbons (Fsp3) is 0.659. The summed E-state index contributed by atoms with van der Waals surface area (Å²) in [7, 11) is -4.65. The number of phosphoric acid groups is 1. The summed E-state index contributed by atoms with van der Waals surface area (Å²) < 4.78 is 32.4. The normalized spacial score (nSPS) is 16.0. The van der Waals surface area contributed by atoms with Gasteiger partial charge in [0.1, 0.15) is 12.7 Å². The minimum atomic E-state index is -4.65. The predicted molar refractivity (Wildman–Crippen MR) is 211 cm³/mol. The van der Waals surface area contributed by atoms with Gasteiger partial charge in [-0.15, -0.1) is 0 Å². The molecule has 0 fully saturated rings. The number of allylic oxidation sites excluding steroid dienone is 10. The van der Waals surface area contributed by atoms with Gasteiger partial charge in [0.25, 0.3) is 0 Å². The Morgan fingerprint density at radius 1 is 0.717 bits per heavy atom. The minimum Gasteiger partial charge on any atom is -0.462 e. The molecule has 0 saturated heterocycles. The van der Waals surface area contributed by atoms with E-state index in [4.69, 9.17) is 19.1 Å². The van der Waals surface area contributed by atoms with Crippen LogP contribution in [0.15, 0.2) is 72.9 Å². The lowest BCUT2D eigenvalue weighted by Crippen LogP contribution is -2.29. The Hall–Kier alpha value is -2.63. The largest absolute Gasteiger partial charge is 0.472 e. The third-order valence-electron chi connectivity index (χ3n) is 8.01. The lowest BCUT2D eigenvalue weighted by molar-refractivity contribution is -0.161. The summed E-state index contributed by atoms with van der Waals surface area (Å²) in [4.78, 5) is 34.8. The number of aliphatic hydroxyl groups excluding tert-OH is 3. The zero-order chi connectivity index (χ0) is 39.4. The number of carbonyl (C=O) groups is 2. The smallest absolute Gasteiger partial charge is 0.462 e. The number of rotatable bonds is 34. The summed E-state index contributed by atoms with van der Waals surface area (Å²) in [5.41, 5.74) is 0. The Labute approximate surface area is 319 Å². The quantitative estimate of drug-likeness (QED) is 0.0163. The van der Waals surface area contributed by atoms with E-state index >= 15 is 0 Å². The summed E-state index contributed by atoms with van der Waals surface area (Å²) in [6, 6.07) is 0. The molecule has 11 nitrogen and oxygen atoms in total. The molecule has 0 rings (SSSR count). The van der Waals surface area contributed by atoms with Gasteiger partial charge in [-0.1, -0.05) is 139 Å². The van der Waals surface area contributed by atoms with E-state index in [-0.39, 0.29) is 19.4 Å². The van der Waals surface area contributed by atoms with Crippen molar-refractivity contribution in [2.45, 2.75) is 142 Å². The SMILES string of the molecule is CC/C=C\C/C=C\CC(O)/C=C/C=C\C/C=C\C/C=C\CCC(=O)O[C@H](COC(=O)CCCCCCCCC(C)CC)COP(=O)(O)OC[C@@H](O)CO. The van der Waals surface area contributed by atoms with E-state index < -0.39 is 57.9 Å². The van der Waals surface area contributed by atoms with Crippen molar-refractivity contribution in [3.63, 3.8) is 0 Å². The van der Waals surface area contributed by atoms with E-state index in [1.807, 2.05) is 54.7 Å². The Kier molecular flexibility index (Phi) is 33.4. The van der Waals surface area contributed by atoms with Crippen molar-refractivity contribution in [2.75, 3.05) is 26.4 Å². The molecule has 0 aliphatic rings. The molecule has 0 aromatic heterocycles. The van der Waals surface area contributed by atoms with Crippen molar-refractivity contribution >= 4 is 19.8 Å². The molecule has 0 radical (unpaired) electrons. The molecule has 0 amide bonds. The van der Waals surface area contributed by atoms with Gasteiger partial charge < -0.3 is 29.7 Å². The molecule has 304 valence electrons. The van der Waals surface area contributed by atoms with Gasteiger partial charge in [0.2, 0.25) is 0 Å². The van der Waals surface area contributed by atoms with Crippen LogP contribution in [0.4, 0.5) is 0 Å². The number of phosphoric ester groups is 1. The van der Waals surface area contributed by atoms with Crippen molar-refractivity contribution in [2.24, 2.45) is 5.92 Å². The van der Waals surface area contributed by atoms with E-state index in [2.05, 4.69) is 37.4 Å². The zero-order valence-electron chi connectivity index (χ0n) is 32.5. The van der Waals surface area contributed by atoms with E-state index in [1.54, 1.807) is 6.08 Å². The first-order valence-electron chi connectivity index (χ1n) is 19.4. The van der Waals surface area contributed by atoms with Crippen LogP contribution in [0.5, 0.6) is 0 Å². The lowest BCUT2D eigenvalue weighted by atomic mass is 10.00. The standard InChI is InChI=1S/C41H69O11P/c1-4-6-7-8-18-23-28-37(43)29-24-19-13-11-9-10-12-14-21-26-31-41(46)52-39(35-51-53(47,48)50-33-38(44)32-42)34-49-40(45)30-25-20-16-15-17-22-27-36(3)5-2/h6-7,9-10,13-14,18-19,21,23-24,29,36-39,42-44H,4-5,8,11-12,15-17,20,22,25-28,30-35H2,1-3H3,(H,47,48)/b7-6-,10-9-,19-13-,21-14-,23-18-,29-24+/t36?,37?,38-,39+/m0/s1. The number of unbranched alkanes of at least 4 members (excludes halogenated alkanes) is 5. The van der Waals surface area contributed by atoms with Gasteiger partial charge in [0, 0.05) is 12.8 Å². The van der Waals surface area contributed by atoms with Gasteiger partial charge in [-0.2, -0.15) is 0 Å². The highest BCUT2D eigenvalue weighted by Crippen LogP contribution is 2.43. The van der Waals surface area contributed by atoms with Gasteiger partial charge in [0.15, 0.2) is 6.10 Å². The summed E-state index contributed by atoms with van der Waals surface area (Å²) in [6.45, 7) is 4.32. The van der Waals surface area contributed by atoms with Crippen LogP contribution in [0.25, 0.3) is 0 Å². The first kappa shape index (κ1) is 50.4. The number of aliphatic hydroxyl groups is 3. The molecule has 0 aliphatic heterocycles. The summed E-state index contributed by atoms with van der Waals surface area (Å²) >= 11 is 0. The van der Waals surface area contributed by atoms with Crippen LogP contribution in [-0.2, 0) is 32.7 Å². The molecule has 0 bridgehead atoms. The number of carbonyl (C=O) groups excluding carboxylic acids is 2. The van der Waals surface area contributed by atoms with Crippen LogP contribution < -0.4 is 0 Å². The zero-order valence-corrected chi connectivity index (χ0v) is 33.4.